The molecule has 146 valence electrons. The highest BCUT2D eigenvalue weighted by molar-refractivity contribution is 5.99. The normalized spacial score (nSPS) is 22.4. The summed E-state index contributed by atoms with van der Waals surface area (Å²) in [6.07, 6.45) is -0.774. The fourth-order valence-corrected chi connectivity index (χ4v) is 3.99. The summed E-state index contributed by atoms with van der Waals surface area (Å²) in [7, 11) is 3.46. The molecule has 2 heterocycles. The number of rotatable bonds is 3. The highest BCUT2D eigenvalue weighted by Gasteiger charge is 2.43. The molecule has 1 amide bonds. The van der Waals surface area contributed by atoms with Crippen LogP contribution in [0.25, 0.3) is 10.9 Å². The monoisotopic (exact) mass is 380 g/mol. The topological polar surface area (TPSA) is 74.9 Å². The molecule has 1 fully saturated rings. The lowest BCUT2D eigenvalue weighted by Crippen LogP contribution is -2.55. The summed E-state index contributed by atoms with van der Waals surface area (Å²) < 4.78 is 7.11. The van der Waals surface area contributed by atoms with Gasteiger partial charge in [0.05, 0.1) is 13.7 Å². The zero-order chi connectivity index (χ0) is 19.9. The van der Waals surface area contributed by atoms with Gasteiger partial charge in [0.25, 0.3) is 5.91 Å². The molecule has 6 heteroatoms. The van der Waals surface area contributed by atoms with E-state index in [2.05, 4.69) is 0 Å². The van der Waals surface area contributed by atoms with Crippen molar-refractivity contribution in [1.82, 2.24) is 9.47 Å². The molecule has 0 unspecified atom stereocenters. The van der Waals surface area contributed by atoms with Gasteiger partial charge < -0.3 is 24.4 Å². The first-order chi connectivity index (χ1) is 13.4. The number of piperidine rings is 1. The van der Waals surface area contributed by atoms with Gasteiger partial charge in [-0.05, 0) is 29.8 Å². The molecule has 0 radical (unpaired) electrons. The highest BCUT2D eigenvalue weighted by atomic mass is 16.5. The van der Waals surface area contributed by atoms with E-state index in [0.717, 1.165) is 16.7 Å². The van der Waals surface area contributed by atoms with E-state index in [9.17, 15) is 15.0 Å². The number of hydrogen-bond donors (Lipinski definition) is 2. The minimum Gasteiger partial charge on any atom is -0.497 e. The Balaban J connectivity index is 1.59. The number of β-amino-alcohol motifs (C(OH)–C–C–N with tert-alkyl or cyclic N) is 1. The number of ether oxygens (including phenoxy) is 1. The van der Waals surface area contributed by atoms with Crippen LogP contribution in [0, 0.1) is 0 Å². The van der Waals surface area contributed by atoms with Gasteiger partial charge in [0.1, 0.15) is 23.1 Å². The third kappa shape index (κ3) is 2.95. The molecular weight excluding hydrogens is 356 g/mol. The molecule has 2 atom stereocenters. The van der Waals surface area contributed by atoms with Gasteiger partial charge in [0, 0.05) is 30.9 Å². The number of aromatic nitrogens is 1. The number of methoxy groups -OCH3 is 1. The van der Waals surface area contributed by atoms with E-state index in [4.69, 9.17) is 4.74 Å². The summed E-state index contributed by atoms with van der Waals surface area (Å²) in [4.78, 5) is 14.7. The molecule has 0 bridgehead atoms. The number of amides is 1. The first kappa shape index (κ1) is 18.5. The van der Waals surface area contributed by atoms with Gasteiger partial charge in [0.15, 0.2) is 0 Å². The van der Waals surface area contributed by atoms with Crippen LogP contribution in [0.2, 0.25) is 0 Å². The quantitative estimate of drug-likeness (QED) is 0.731. The molecule has 2 N–H and O–H groups in total. The Kier molecular flexibility index (Phi) is 4.61. The molecule has 3 aromatic rings. The number of aliphatic hydroxyl groups excluding tert-OH is 1. The molecule has 2 aromatic carbocycles. The summed E-state index contributed by atoms with van der Waals surface area (Å²) >= 11 is 0. The van der Waals surface area contributed by atoms with Crippen LogP contribution in [-0.2, 0) is 12.6 Å². The van der Waals surface area contributed by atoms with Crippen molar-refractivity contribution in [2.24, 2.45) is 7.05 Å². The van der Waals surface area contributed by atoms with Crippen molar-refractivity contribution in [3.05, 3.63) is 65.9 Å². The van der Waals surface area contributed by atoms with Crippen molar-refractivity contribution in [3.63, 3.8) is 0 Å². The Morgan fingerprint density at radius 2 is 1.93 bits per heavy atom. The van der Waals surface area contributed by atoms with Crippen LogP contribution in [0.15, 0.2) is 54.6 Å². The molecule has 28 heavy (non-hydrogen) atoms. The predicted molar refractivity (Wildman–Crippen MR) is 106 cm³/mol. The van der Waals surface area contributed by atoms with Crippen LogP contribution in [0.4, 0.5) is 0 Å². The number of likely N-dealkylation sites (tertiary alicyclic amines) is 1. The van der Waals surface area contributed by atoms with Gasteiger partial charge in [-0.2, -0.15) is 0 Å². The van der Waals surface area contributed by atoms with Crippen molar-refractivity contribution in [1.29, 1.82) is 0 Å². The minimum atomic E-state index is -1.34. The first-order valence-electron chi connectivity index (χ1n) is 9.33. The molecule has 0 saturated carbocycles. The lowest BCUT2D eigenvalue weighted by molar-refractivity contribution is -0.118. The molecule has 0 spiro atoms. The summed E-state index contributed by atoms with van der Waals surface area (Å²) in [5.74, 6) is 0.574. The Morgan fingerprint density at radius 1 is 1.18 bits per heavy atom. The van der Waals surface area contributed by atoms with Crippen molar-refractivity contribution >= 4 is 16.8 Å². The average Bonchev–Trinajstić information content (AvgIpc) is 3.06. The maximum atomic E-state index is 13.1. The van der Waals surface area contributed by atoms with Crippen molar-refractivity contribution in [2.45, 2.75) is 18.1 Å². The lowest BCUT2D eigenvalue weighted by atomic mass is 9.82. The maximum absolute atomic E-state index is 13.1. The van der Waals surface area contributed by atoms with Crippen molar-refractivity contribution in [2.75, 3.05) is 20.2 Å². The number of nitrogens with zero attached hydrogens (tertiary/aromatic N) is 2. The number of aryl methyl sites for hydroxylation is 1. The van der Waals surface area contributed by atoms with Crippen LogP contribution < -0.4 is 4.74 Å². The fourth-order valence-electron chi connectivity index (χ4n) is 3.99. The zero-order valence-corrected chi connectivity index (χ0v) is 16.0. The van der Waals surface area contributed by atoms with E-state index in [-0.39, 0.29) is 18.9 Å². The third-order valence-corrected chi connectivity index (χ3v) is 5.74. The van der Waals surface area contributed by atoms with Gasteiger partial charge >= 0.3 is 0 Å². The smallest absolute Gasteiger partial charge is 0.270 e. The SMILES string of the molecule is COc1ccc2c(c1)cc(C(=O)N1CC[C@](O)(c3ccccc3)[C@@H](O)C1)n2C. The maximum Gasteiger partial charge on any atom is 0.270 e. The van der Waals surface area contributed by atoms with E-state index < -0.39 is 11.7 Å². The van der Waals surface area contributed by atoms with Gasteiger partial charge in [0.2, 0.25) is 0 Å². The number of hydrogen-bond acceptors (Lipinski definition) is 4. The largest absolute Gasteiger partial charge is 0.497 e. The van der Waals surface area contributed by atoms with Crippen LogP contribution in [0.3, 0.4) is 0 Å². The number of carbonyl (C=O) groups is 1. The zero-order valence-electron chi connectivity index (χ0n) is 16.0. The van der Waals surface area contributed by atoms with Crippen molar-refractivity contribution in [3.8, 4) is 5.75 Å². The predicted octanol–water partition coefficient (Wildman–Crippen LogP) is 2.28. The summed E-state index contributed by atoms with van der Waals surface area (Å²) in [6, 6.07) is 16.7. The van der Waals surface area contributed by atoms with Crippen LogP contribution in [0.5, 0.6) is 5.75 Å². The summed E-state index contributed by atoms with van der Waals surface area (Å²) in [5, 5.41) is 22.6. The average molecular weight is 380 g/mol. The lowest BCUT2D eigenvalue weighted by Gasteiger charge is -2.42. The molecular formula is C22H24N2O4. The molecule has 4 rings (SSSR count). The summed E-state index contributed by atoms with van der Waals surface area (Å²) in [5.41, 5.74) is 0.805. The van der Waals surface area contributed by atoms with Crippen LogP contribution in [-0.4, -0.2) is 51.9 Å². The Morgan fingerprint density at radius 3 is 2.61 bits per heavy atom. The Labute approximate surface area is 163 Å². The van der Waals surface area contributed by atoms with E-state index in [1.54, 1.807) is 24.1 Å². The molecule has 6 nitrogen and oxygen atoms in total. The summed E-state index contributed by atoms with van der Waals surface area (Å²) in [6.45, 7) is 0.446. The molecule has 1 aliphatic rings. The third-order valence-electron chi connectivity index (χ3n) is 5.74. The Bertz CT molecular complexity index is 1010. The standard InChI is InChI=1S/C22H24N2O4/c1-23-18-9-8-17(28-2)12-15(18)13-19(23)21(26)24-11-10-22(27,20(25)14-24)16-6-4-3-5-7-16/h3-9,12-13,20,25,27H,10-11,14H2,1-2H3/t20-,22-/m0/s1. The number of carbonyl (C=O) groups excluding carboxylic acids is 1. The first-order valence-corrected chi connectivity index (χ1v) is 9.33. The number of aliphatic hydroxyl groups is 2. The Hall–Kier alpha value is -2.83. The second kappa shape index (κ2) is 6.96. The van der Waals surface area contributed by atoms with Gasteiger partial charge in [-0.25, -0.2) is 0 Å². The second-order valence-corrected chi connectivity index (χ2v) is 7.32. The van der Waals surface area contributed by atoms with E-state index in [0.29, 0.717) is 17.8 Å². The molecule has 1 aliphatic heterocycles. The molecule has 1 aromatic heterocycles. The number of fused-ring (bicyclic) bond motifs is 1. The second-order valence-electron chi connectivity index (χ2n) is 7.32. The van der Waals surface area contributed by atoms with Gasteiger partial charge in [-0.15, -0.1) is 0 Å². The van der Waals surface area contributed by atoms with Gasteiger partial charge in [-0.1, -0.05) is 30.3 Å². The van der Waals surface area contributed by atoms with E-state index in [1.807, 2.05) is 54.1 Å². The fraction of sp³-hybridized carbons (Fsp3) is 0.318. The molecule has 1 saturated heterocycles. The van der Waals surface area contributed by atoms with E-state index >= 15 is 0 Å². The minimum absolute atomic E-state index is 0.0784. The van der Waals surface area contributed by atoms with E-state index in [1.165, 1.54) is 0 Å². The van der Waals surface area contributed by atoms with Crippen LogP contribution >= 0.6 is 0 Å². The van der Waals surface area contributed by atoms with Crippen molar-refractivity contribution < 1.29 is 19.7 Å². The molecule has 0 aliphatic carbocycles. The number of benzene rings is 2. The van der Waals surface area contributed by atoms with Crippen LogP contribution in [0.1, 0.15) is 22.5 Å². The highest BCUT2D eigenvalue weighted by Crippen LogP contribution is 2.34. The van der Waals surface area contributed by atoms with Gasteiger partial charge in [-0.3, -0.25) is 4.79 Å².